The Hall–Kier alpha value is -2.49. The summed E-state index contributed by atoms with van der Waals surface area (Å²) in [7, 11) is 0. The van der Waals surface area contributed by atoms with E-state index < -0.39 is 0 Å². The van der Waals surface area contributed by atoms with Gasteiger partial charge in [-0.3, -0.25) is 4.79 Å². The molecule has 0 fully saturated rings. The Bertz CT molecular complexity index is 660. The molecule has 2 aromatic rings. The Morgan fingerprint density at radius 2 is 1.73 bits per heavy atom. The fourth-order valence-corrected chi connectivity index (χ4v) is 2.15. The molecular weight excluding hydrogens is 276 g/mol. The van der Waals surface area contributed by atoms with Gasteiger partial charge in [-0.1, -0.05) is 51.1 Å². The lowest BCUT2D eigenvalue weighted by atomic mass is 9.86. The Morgan fingerprint density at radius 3 is 2.41 bits per heavy atom. The van der Waals surface area contributed by atoms with Gasteiger partial charge < -0.3 is 15.8 Å². The number of amides is 1. The number of carbonyl (C=O) groups excluding carboxylic acids is 1. The molecule has 0 unspecified atom stereocenters. The number of hydrogen-bond acceptors (Lipinski definition) is 3. The number of benzene rings is 2. The minimum Gasteiger partial charge on any atom is -0.483 e. The van der Waals surface area contributed by atoms with E-state index in [0.717, 1.165) is 11.3 Å². The number of carbonyl (C=O) groups is 1. The third-order valence-electron chi connectivity index (χ3n) is 3.29. The third-order valence-corrected chi connectivity index (χ3v) is 3.29. The maximum atomic E-state index is 12.0. The number of nitrogens with one attached hydrogen (secondary N) is 1. The van der Waals surface area contributed by atoms with Gasteiger partial charge in [-0.05, 0) is 29.2 Å². The predicted octanol–water partition coefficient (Wildman–Crippen LogP) is 3.58. The lowest BCUT2D eigenvalue weighted by molar-refractivity contribution is -0.118. The van der Waals surface area contributed by atoms with Crippen LogP contribution in [-0.4, -0.2) is 12.5 Å². The van der Waals surface area contributed by atoms with Crippen LogP contribution >= 0.6 is 0 Å². The molecule has 0 aliphatic heterocycles. The summed E-state index contributed by atoms with van der Waals surface area (Å²) >= 11 is 0. The molecule has 116 valence electrons. The molecule has 2 aromatic carbocycles. The molecule has 0 heterocycles. The van der Waals surface area contributed by atoms with E-state index in [9.17, 15) is 4.79 Å². The van der Waals surface area contributed by atoms with E-state index in [2.05, 4.69) is 26.1 Å². The van der Waals surface area contributed by atoms with E-state index in [1.807, 2.05) is 36.4 Å². The molecule has 0 spiro atoms. The largest absolute Gasteiger partial charge is 0.483 e. The number of hydrogen-bond donors (Lipinski definition) is 2. The average molecular weight is 298 g/mol. The Balaban J connectivity index is 2.02. The summed E-state index contributed by atoms with van der Waals surface area (Å²) in [4.78, 5) is 12.0. The van der Waals surface area contributed by atoms with Crippen molar-refractivity contribution in [2.75, 3.05) is 17.7 Å². The highest BCUT2D eigenvalue weighted by Gasteiger charge is 2.18. The molecule has 0 aromatic heterocycles. The maximum Gasteiger partial charge on any atom is 0.262 e. The van der Waals surface area contributed by atoms with Crippen LogP contribution in [0.1, 0.15) is 26.3 Å². The summed E-state index contributed by atoms with van der Waals surface area (Å²) in [6.45, 7) is 6.28. The van der Waals surface area contributed by atoms with Crippen molar-refractivity contribution in [1.82, 2.24) is 0 Å². The molecule has 0 saturated carbocycles. The number of ether oxygens (including phenoxy) is 1. The number of anilines is 2. The van der Waals surface area contributed by atoms with Crippen LogP contribution in [0.5, 0.6) is 5.75 Å². The fraction of sp³-hybridized carbons (Fsp3) is 0.278. The van der Waals surface area contributed by atoms with Crippen LogP contribution in [0.15, 0.2) is 48.5 Å². The second-order valence-electron chi connectivity index (χ2n) is 6.17. The van der Waals surface area contributed by atoms with Crippen molar-refractivity contribution in [3.8, 4) is 5.75 Å². The summed E-state index contributed by atoms with van der Waals surface area (Å²) in [5, 5.41) is 2.75. The zero-order valence-electron chi connectivity index (χ0n) is 13.2. The van der Waals surface area contributed by atoms with Gasteiger partial charge in [0.2, 0.25) is 0 Å². The summed E-state index contributed by atoms with van der Waals surface area (Å²) in [5.74, 6) is 0.493. The van der Waals surface area contributed by atoms with Crippen LogP contribution in [0.2, 0.25) is 0 Å². The summed E-state index contributed by atoms with van der Waals surface area (Å²) in [5.41, 5.74) is 7.96. The monoisotopic (exact) mass is 298 g/mol. The van der Waals surface area contributed by atoms with Crippen LogP contribution in [0.3, 0.4) is 0 Å². The van der Waals surface area contributed by atoms with E-state index in [1.54, 1.807) is 12.1 Å². The van der Waals surface area contributed by atoms with Crippen LogP contribution in [-0.2, 0) is 10.2 Å². The highest BCUT2D eigenvalue weighted by molar-refractivity contribution is 5.94. The van der Waals surface area contributed by atoms with Gasteiger partial charge in [-0.15, -0.1) is 0 Å². The smallest absolute Gasteiger partial charge is 0.262 e. The second-order valence-corrected chi connectivity index (χ2v) is 6.17. The fourth-order valence-electron chi connectivity index (χ4n) is 2.15. The molecule has 1 amide bonds. The molecule has 0 saturated heterocycles. The van der Waals surface area contributed by atoms with Crippen LogP contribution in [0.25, 0.3) is 0 Å². The Labute approximate surface area is 131 Å². The molecular formula is C18H22N2O2. The topological polar surface area (TPSA) is 64.3 Å². The van der Waals surface area contributed by atoms with Crippen molar-refractivity contribution >= 4 is 17.3 Å². The van der Waals surface area contributed by atoms with Gasteiger partial charge in [0.15, 0.2) is 6.61 Å². The van der Waals surface area contributed by atoms with Gasteiger partial charge >= 0.3 is 0 Å². The zero-order valence-corrected chi connectivity index (χ0v) is 13.2. The summed E-state index contributed by atoms with van der Waals surface area (Å²) < 4.78 is 5.68. The first kappa shape index (κ1) is 15.9. The quantitative estimate of drug-likeness (QED) is 0.848. The molecule has 22 heavy (non-hydrogen) atoms. The highest BCUT2D eigenvalue weighted by atomic mass is 16.5. The van der Waals surface area contributed by atoms with E-state index in [-0.39, 0.29) is 17.9 Å². The molecule has 2 rings (SSSR count). The molecule has 0 aliphatic rings. The van der Waals surface area contributed by atoms with E-state index in [1.165, 1.54) is 0 Å². The standard InChI is InChI=1S/C18H22N2O2/c1-18(2,3)13-8-4-7-11-16(13)22-12-17(21)20-15-10-6-5-9-14(15)19/h4-11H,12,19H2,1-3H3,(H,20,21). The van der Waals surface area contributed by atoms with Crippen molar-refractivity contribution in [3.63, 3.8) is 0 Å². The van der Waals surface area contributed by atoms with Crippen molar-refractivity contribution in [2.24, 2.45) is 0 Å². The first-order valence-corrected chi connectivity index (χ1v) is 7.24. The lowest BCUT2D eigenvalue weighted by Crippen LogP contribution is -2.22. The molecule has 4 heteroatoms. The van der Waals surface area contributed by atoms with E-state index in [4.69, 9.17) is 10.5 Å². The van der Waals surface area contributed by atoms with Gasteiger partial charge in [-0.2, -0.15) is 0 Å². The number of para-hydroxylation sites is 3. The minimum absolute atomic E-state index is 0.0447. The minimum atomic E-state index is -0.235. The van der Waals surface area contributed by atoms with E-state index >= 15 is 0 Å². The molecule has 0 bridgehead atoms. The number of rotatable bonds is 4. The van der Waals surface area contributed by atoms with Gasteiger partial charge in [0.25, 0.3) is 5.91 Å². The van der Waals surface area contributed by atoms with Crippen LogP contribution < -0.4 is 15.8 Å². The van der Waals surface area contributed by atoms with Gasteiger partial charge in [-0.25, -0.2) is 0 Å². The Morgan fingerprint density at radius 1 is 1.09 bits per heavy atom. The molecule has 0 atom stereocenters. The van der Waals surface area contributed by atoms with E-state index in [0.29, 0.717) is 11.4 Å². The van der Waals surface area contributed by atoms with Crippen LogP contribution in [0.4, 0.5) is 11.4 Å². The first-order valence-electron chi connectivity index (χ1n) is 7.24. The van der Waals surface area contributed by atoms with Crippen molar-refractivity contribution < 1.29 is 9.53 Å². The SMILES string of the molecule is CC(C)(C)c1ccccc1OCC(=O)Nc1ccccc1N. The number of nitrogens with two attached hydrogens (primary N) is 1. The zero-order chi connectivity index (χ0) is 16.2. The molecule has 0 aliphatic carbocycles. The van der Waals surface area contributed by atoms with Gasteiger partial charge in [0, 0.05) is 0 Å². The summed E-state index contributed by atoms with van der Waals surface area (Å²) in [6.07, 6.45) is 0. The maximum absolute atomic E-state index is 12.0. The molecule has 4 nitrogen and oxygen atoms in total. The van der Waals surface area contributed by atoms with Crippen LogP contribution in [0, 0.1) is 0 Å². The third kappa shape index (κ3) is 4.01. The predicted molar refractivity (Wildman–Crippen MR) is 90.1 cm³/mol. The van der Waals surface area contributed by atoms with Crippen molar-refractivity contribution in [1.29, 1.82) is 0 Å². The normalized spacial score (nSPS) is 11.0. The molecule has 0 radical (unpaired) electrons. The van der Waals surface area contributed by atoms with Crippen molar-refractivity contribution in [2.45, 2.75) is 26.2 Å². The number of nitrogen functional groups attached to an aromatic ring is 1. The van der Waals surface area contributed by atoms with Gasteiger partial charge in [0.1, 0.15) is 5.75 Å². The first-order chi connectivity index (χ1) is 10.4. The molecule has 3 N–H and O–H groups in total. The highest BCUT2D eigenvalue weighted by Crippen LogP contribution is 2.30. The Kier molecular flexibility index (Phi) is 4.71. The van der Waals surface area contributed by atoms with Gasteiger partial charge in [0.05, 0.1) is 11.4 Å². The summed E-state index contributed by atoms with van der Waals surface area (Å²) in [6, 6.07) is 14.9. The second kappa shape index (κ2) is 6.52. The average Bonchev–Trinajstić information content (AvgIpc) is 2.47. The van der Waals surface area contributed by atoms with Crippen molar-refractivity contribution in [3.05, 3.63) is 54.1 Å². The lowest BCUT2D eigenvalue weighted by Gasteiger charge is -2.22.